The van der Waals surface area contributed by atoms with E-state index < -0.39 is 34.1 Å². The highest BCUT2D eigenvalue weighted by Crippen LogP contribution is 2.46. The first-order chi connectivity index (χ1) is 22.1. The highest BCUT2D eigenvalue weighted by Gasteiger charge is 2.50. The Morgan fingerprint density at radius 2 is 1.91 bits per heavy atom. The standard InChI is InChI=1S/C33H38F3N5O5S/c1-4-7-20-10-11-23(21-8-6-9-22(17-21)47(3,44)45)24(16-20)29(33(34,35)36)46-28-18-27(39-31(37)40-28)41-14-12-32(13-15-41)19-25(30(42)43)38-26(32)5-2/h4,6-11,16-18,25-26,29,38H,5,12-15,19H2,1-3H3,(H,42,43)(H2,37,39,40)/b7-4+/t25?,26?,29-/m1/s1. The van der Waals surface area contributed by atoms with Crippen molar-refractivity contribution in [3.63, 3.8) is 0 Å². The summed E-state index contributed by atoms with van der Waals surface area (Å²) in [6.45, 7) is 4.75. The van der Waals surface area contributed by atoms with E-state index in [4.69, 9.17) is 10.5 Å². The summed E-state index contributed by atoms with van der Waals surface area (Å²) in [6, 6.07) is 11.0. The maximum Gasteiger partial charge on any atom is 0.429 e. The van der Waals surface area contributed by atoms with Gasteiger partial charge in [0.1, 0.15) is 11.9 Å². The predicted molar refractivity (Wildman–Crippen MR) is 173 cm³/mol. The molecule has 2 fully saturated rings. The average molecular weight is 674 g/mol. The van der Waals surface area contributed by atoms with Crippen LogP contribution in [0.5, 0.6) is 5.88 Å². The summed E-state index contributed by atoms with van der Waals surface area (Å²) < 4.78 is 74.8. The highest BCUT2D eigenvalue weighted by atomic mass is 32.2. The number of hydrogen-bond donors (Lipinski definition) is 3. The Morgan fingerprint density at radius 3 is 2.53 bits per heavy atom. The van der Waals surface area contributed by atoms with Crippen LogP contribution in [0.2, 0.25) is 0 Å². The van der Waals surface area contributed by atoms with E-state index in [1.165, 1.54) is 36.4 Å². The average Bonchev–Trinajstić information content (AvgIpc) is 3.37. The molecule has 0 saturated carbocycles. The van der Waals surface area contributed by atoms with Gasteiger partial charge in [-0.15, -0.1) is 0 Å². The van der Waals surface area contributed by atoms with Gasteiger partial charge in [0, 0.05) is 37.0 Å². The van der Waals surface area contributed by atoms with Gasteiger partial charge >= 0.3 is 12.1 Å². The van der Waals surface area contributed by atoms with Crippen molar-refractivity contribution in [2.45, 2.75) is 68.8 Å². The van der Waals surface area contributed by atoms with E-state index >= 15 is 0 Å². The summed E-state index contributed by atoms with van der Waals surface area (Å²) in [5, 5.41) is 12.8. The number of nitrogens with one attached hydrogen (secondary N) is 1. The number of allylic oxidation sites excluding steroid dienone is 1. The number of piperidine rings is 1. The number of carboxylic acids is 1. The van der Waals surface area contributed by atoms with E-state index in [1.54, 1.807) is 31.2 Å². The Bertz CT molecular complexity index is 1770. The Kier molecular flexibility index (Phi) is 9.56. The van der Waals surface area contributed by atoms with Crippen LogP contribution in [0.1, 0.15) is 56.8 Å². The molecule has 2 unspecified atom stereocenters. The first-order valence-electron chi connectivity index (χ1n) is 15.3. The van der Waals surface area contributed by atoms with Gasteiger partial charge in [-0.1, -0.05) is 43.3 Å². The summed E-state index contributed by atoms with van der Waals surface area (Å²) in [6.07, 6.45) is -0.399. The number of nitrogens with zero attached hydrogens (tertiary/aromatic N) is 3. The van der Waals surface area contributed by atoms with E-state index in [1.807, 2.05) is 11.8 Å². The molecule has 2 saturated heterocycles. The molecule has 3 atom stereocenters. The van der Waals surface area contributed by atoms with Crippen molar-refractivity contribution in [1.82, 2.24) is 15.3 Å². The monoisotopic (exact) mass is 673 g/mol. The van der Waals surface area contributed by atoms with Crippen LogP contribution in [0, 0.1) is 5.41 Å². The molecule has 2 aliphatic rings. The number of halogens is 3. The highest BCUT2D eigenvalue weighted by molar-refractivity contribution is 7.90. The van der Waals surface area contributed by atoms with Crippen molar-refractivity contribution in [3.05, 3.63) is 65.7 Å². The molecule has 0 bridgehead atoms. The molecule has 14 heteroatoms. The number of benzene rings is 2. The quantitative estimate of drug-likeness (QED) is 0.260. The van der Waals surface area contributed by atoms with Crippen molar-refractivity contribution in [2.75, 3.05) is 30.0 Å². The normalized spacial score (nSPS) is 20.5. The Morgan fingerprint density at radius 1 is 1.19 bits per heavy atom. The number of alkyl halides is 3. The lowest BCUT2D eigenvalue weighted by Crippen LogP contribution is -2.46. The zero-order chi connectivity index (χ0) is 34.1. The number of carboxylic acid groups (broad SMARTS) is 1. The summed E-state index contributed by atoms with van der Waals surface area (Å²) in [5.41, 5.74) is 6.45. The second-order valence-electron chi connectivity index (χ2n) is 12.2. The maximum absolute atomic E-state index is 14.9. The SMILES string of the molecule is C/C=C/c1ccc(-c2cccc(S(C)(=O)=O)c2)c([C@@H](Oc2cc(N3CCC4(CC3)CC(C(=O)O)NC4CC)nc(N)n2)C(F)(F)F)c1. The van der Waals surface area contributed by atoms with E-state index in [0.29, 0.717) is 43.7 Å². The van der Waals surface area contributed by atoms with E-state index in [9.17, 15) is 31.5 Å². The van der Waals surface area contributed by atoms with Gasteiger partial charge in [0.15, 0.2) is 9.84 Å². The molecule has 1 spiro atoms. The van der Waals surface area contributed by atoms with Crippen molar-refractivity contribution in [3.8, 4) is 17.0 Å². The van der Waals surface area contributed by atoms with Gasteiger partial charge in [0.2, 0.25) is 17.9 Å². The fourth-order valence-electron chi connectivity index (χ4n) is 6.80. The first kappa shape index (κ1) is 34.2. The topological polar surface area (TPSA) is 148 Å². The first-order valence-corrected chi connectivity index (χ1v) is 17.2. The van der Waals surface area contributed by atoms with Gasteiger partial charge in [-0.3, -0.25) is 4.79 Å². The minimum atomic E-state index is -4.90. The summed E-state index contributed by atoms with van der Waals surface area (Å²) in [4.78, 5) is 21.8. The molecule has 3 aromatic rings. The number of nitrogens with two attached hydrogens (primary N) is 1. The van der Waals surface area contributed by atoms with Crippen LogP contribution in [0.4, 0.5) is 24.9 Å². The van der Waals surface area contributed by atoms with E-state index in [0.717, 1.165) is 12.7 Å². The van der Waals surface area contributed by atoms with Crippen LogP contribution >= 0.6 is 0 Å². The van der Waals surface area contributed by atoms with E-state index in [-0.39, 0.29) is 44.9 Å². The van der Waals surface area contributed by atoms with Crippen molar-refractivity contribution >= 4 is 33.6 Å². The minimum absolute atomic E-state index is 0.0309. The van der Waals surface area contributed by atoms with Gasteiger partial charge in [0.05, 0.1) is 4.90 Å². The zero-order valence-electron chi connectivity index (χ0n) is 26.3. The van der Waals surface area contributed by atoms with E-state index in [2.05, 4.69) is 15.3 Å². The van der Waals surface area contributed by atoms with Gasteiger partial charge in [-0.05, 0) is 72.9 Å². The Balaban J connectivity index is 1.48. The van der Waals surface area contributed by atoms with Crippen molar-refractivity contribution in [2.24, 2.45) is 5.41 Å². The number of sulfone groups is 1. The molecule has 4 N–H and O–H groups in total. The third-order valence-electron chi connectivity index (χ3n) is 9.07. The van der Waals surface area contributed by atoms with Crippen molar-refractivity contribution in [1.29, 1.82) is 0 Å². The molecular weight excluding hydrogens is 635 g/mol. The van der Waals surface area contributed by atoms with Crippen molar-refractivity contribution < 1.29 is 36.2 Å². The smallest absolute Gasteiger partial charge is 0.429 e. The lowest BCUT2D eigenvalue weighted by Gasteiger charge is -2.43. The molecule has 2 aromatic carbocycles. The number of aromatic nitrogens is 2. The zero-order valence-corrected chi connectivity index (χ0v) is 27.1. The Labute approximate surface area is 271 Å². The molecular formula is C33H38F3N5O5S. The van der Waals surface area contributed by atoms with Crippen LogP contribution in [0.25, 0.3) is 17.2 Å². The molecule has 3 heterocycles. The van der Waals surface area contributed by atoms with Crippen LogP contribution < -0.4 is 20.7 Å². The molecule has 5 rings (SSSR count). The second-order valence-corrected chi connectivity index (χ2v) is 14.2. The molecule has 10 nitrogen and oxygen atoms in total. The number of ether oxygens (including phenoxy) is 1. The molecule has 252 valence electrons. The number of rotatable bonds is 9. The number of nitrogen functional groups attached to an aromatic ring is 1. The molecule has 47 heavy (non-hydrogen) atoms. The van der Waals surface area contributed by atoms with Crippen LogP contribution in [-0.4, -0.2) is 67.1 Å². The van der Waals surface area contributed by atoms with Crippen LogP contribution in [0.3, 0.4) is 0 Å². The fraction of sp³-hybridized carbons (Fsp3) is 0.424. The summed E-state index contributed by atoms with van der Waals surface area (Å²) >= 11 is 0. The van der Waals surface area contributed by atoms with Gasteiger partial charge in [-0.2, -0.15) is 23.1 Å². The predicted octanol–water partition coefficient (Wildman–Crippen LogP) is 5.66. The maximum atomic E-state index is 14.9. The second kappa shape index (κ2) is 13.1. The molecule has 1 aromatic heterocycles. The van der Waals surface area contributed by atoms with Gasteiger partial charge < -0.3 is 25.8 Å². The summed E-state index contributed by atoms with van der Waals surface area (Å²) in [7, 11) is -3.63. The summed E-state index contributed by atoms with van der Waals surface area (Å²) in [5.74, 6) is -1.21. The third kappa shape index (κ3) is 7.38. The number of hydrogen-bond acceptors (Lipinski definition) is 9. The Hall–Kier alpha value is -4.17. The lowest BCUT2D eigenvalue weighted by molar-refractivity contribution is -0.198. The van der Waals surface area contributed by atoms with Gasteiger partial charge in [-0.25, -0.2) is 8.42 Å². The minimum Gasteiger partial charge on any atom is -0.480 e. The molecule has 2 aliphatic heterocycles. The number of anilines is 2. The van der Waals surface area contributed by atoms with Crippen LogP contribution in [0.15, 0.2) is 59.5 Å². The largest absolute Gasteiger partial charge is 0.480 e. The molecule has 0 amide bonds. The number of carbonyl (C=O) groups is 1. The number of aliphatic carboxylic acids is 1. The molecule has 0 radical (unpaired) electrons. The molecule has 0 aliphatic carbocycles. The lowest BCUT2D eigenvalue weighted by atomic mass is 9.71. The van der Waals surface area contributed by atoms with Gasteiger partial charge in [0.25, 0.3) is 0 Å². The van der Waals surface area contributed by atoms with Crippen LogP contribution in [-0.2, 0) is 14.6 Å². The fourth-order valence-corrected chi connectivity index (χ4v) is 7.47. The third-order valence-corrected chi connectivity index (χ3v) is 10.2.